The minimum Gasteiger partial charge on any atom is -0.497 e. The summed E-state index contributed by atoms with van der Waals surface area (Å²) >= 11 is 0. The second-order valence-corrected chi connectivity index (χ2v) is 18.4. The summed E-state index contributed by atoms with van der Waals surface area (Å²) in [7, 11) is -2.40. The molecule has 60 heavy (non-hydrogen) atoms. The highest BCUT2D eigenvalue weighted by Crippen LogP contribution is 2.35. The van der Waals surface area contributed by atoms with Crippen LogP contribution in [0, 0.1) is 0 Å². The van der Waals surface area contributed by atoms with Gasteiger partial charge in [0.25, 0.3) is 5.91 Å². The highest BCUT2D eigenvalue weighted by atomic mass is 32.2. The molecular weight excluding hydrogens is 791 g/mol. The molecule has 3 aromatic carbocycles. The predicted molar refractivity (Wildman–Crippen MR) is 223 cm³/mol. The molecule has 0 radical (unpaired) electrons. The summed E-state index contributed by atoms with van der Waals surface area (Å²) in [5.74, 6) is -0.593. The van der Waals surface area contributed by atoms with Crippen molar-refractivity contribution in [2.75, 3.05) is 20.3 Å². The van der Waals surface area contributed by atoms with E-state index in [-0.39, 0.29) is 38.8 Å². The van der Waals surface area contributed by atoms with Crippen molar-refractivity contribution in [2.24, 2.45) is 0 Å². The van der Waals surface area contributed by atoms with E-state index in [4.69, 9.17) is 23.9 Å². The fraction of sp³-hybridized carbons (Fsp3) is 0.432. The fourth-order valence-corrected chi connectivity index (χ4v) is 9.09. The van der Waals surface area contributed by atoms with Gasteiger partial charge in [-0.15, -0.1) is 0 Å². The molecule has 3 N–H and O–H groups in total. The maximum Gasteiger partial charge on any atom is 0.408 e. The van der Waals surface area contributed by atoms with E-state index in [1.165, 1.54) is 4.90 Å². The average Bonchev–Trinajstić information content (AvgIpc) is 3.60. The van der Waals surface area contributed by atoms with E-state index in [0.717, 1.165) is 12.0 Å². The van der Waals surface area contributed by atoms with E-state index in [0.29, 0.717) is 52.3 Å². The van der Waals surface area contributed by atoms with E-state index in [9.17, 15) is 27.6 Å². The zero-order valence-corrected chi connectivity index (χ0v) is 35.0. The Hall–Kier alpha value is -5.90. The van der Waals surface area contributed by atoms with Crippen molar-refractivity contribution in [1.82, 2.24) is 25.2 Å². The first-order chi connectivity index (χ1) is 28.7. The second kappa shape index (κ2) is 17.8. The predicted octanol–water partition coefficient (Wildman–Crippen LogP) is 5.05. The largest absolute Gasteiger partial charge is 0.497 e. The van der Waals surface area contributed by atoms with Gasteiger partial charge in [-0.3, -0.25) is 19.1 Å². The first-order valence-electron chi connectivity index (χ1n) is 20.2. The molecule has 3 heterocycles. The molecule has 1 aliphatic carbocycles. The number of nitrogens with zero attached hydrogens (tertiary/aromatic N) is 2. The molecule has 1 aromatic heterocycles. The molecule has 0 spiro atoms. The number of pyridine rings is 1. The summed E-state index contributed by atoms with van der Waals surface area (Å²) in [6.07, 6.45) is 0.442. The Balaban J connectivity index is 1.25. The normalized spacial score (nSPS) is 21.6. The van der Waals surface area contributed by atoms with Crippen LogP contribution in [0.3, 0.4) is 0 Å². The number of ether oxygens (including phenoxy) is 4. The summed E-state index contributed by atoms with van der Waals surface area (Å²) < 4.78 is 52.0. The maximum atomic E-state index is 14.9. The highest BCUT2D eigenvalue weighted by molar-refractivity contribution is 7.90. The minimum atomic E-state index is -3.97. The topological polar surface area (TPSA) is 192 Å². The second-order valence-electron chi connectivity index (χ2n) is 16.4. The number of benzene rings is 3. The fourth-order valence-electron chi connectivity index (χ4n) is 7.55. The lowest BCUT2D eigenvalue weighted by Gasteiger charge is -2.30. The monoisotopic (exact) mass is 841 g/mol. The van der Waals surface area contributed by atoms with Gasteiger partial charge in [0.1, 0.15) is 47.1 Å². The highest BCUT2D eigenvalue weighted by Gasteiger charge is 2.45. The molecule has 1 saturated heterocycles. The number of hydrogen-bond acceptors (Lipinski definition) is 11. The van der Waals surface area contributed by atoms with Crippen LogP contribution in [0.15, 0.2) is 78.9 Å². The molecule has 4 amide bonds. The van der Waals surface area contributed by atoms with Gasteiger partial charge in [-0.2, -0.15) is 0 Å². The zero-order valence-electron chi connectivity index (χ0n) is 34.1. The molecule has 15 nitrogen and oxygen atoms in total. The average molecular weight is 842 g/mol. The van der Waals surface area contributed by atoms with E-state index in [2.05, 4.69) is 15.4 Å². The van der Waals surface area contributed by atoms with E-state index >= 15 is 0 Å². The van der Waals surface area contributed by atoms with Gasteiger partial charge in [-0.1, -0.05) is 48.9 Å². The van der Waals surface area contributed by atoms with Gasteiger partial charge in [-0.05, 0) is 76.3 Å². The molecule has 4 atom stereocenters. The summed E-state index contributed by atoms with van der Waals surface area (Å²) in [6.45, 7) is 5.21. The molecule has 4 aromatic rings. The molecule has 1 unspecified atom stereocenters. The quantitative estimate of drug-likeness (QED) is 0.215. The third kappa shape index (κ3) is 10.1. The van der Waals surface area contributed by atoms with Gasteiger partial charge in [0.05, 0.1) is 36.7 Å². The van der Waals surface area contributed by atoms with Crippen LogP contribution >= 0.6 is 0 Å². The van der Waals surface area contributed by atoms with E-state index in [1.54, 1.807) is 64.3 Å². The van der Waals surface area contributed by atoms with Gasteiger partial charge < -0.3 is 34.5 Å². The number of alkyl carbamates (subject to hydrolysis) is 1. The van der Waals surface area contributed by atoms with Gasteiger partial charge in [0, 0.05) is 35.9 Å². The molecule has 7 rings (SSSR count). The van der Waals surface area contributed by atoms with E-state index in [1.807, 2.05) is 42.5 Å². The molecule has 318 valence electrons. The van der Waals surface area contributed by atoms with Crippen LogP contribution in [0.4, 0.5) is 4.79 Å². The molecule has 1 saturated carbocycles. The Labute approximate surface area is 349 Å². The number of amides is 4. The number of carbonyl (C=O) groups is 4. The van der Waals surface area contributed by atoms with Crippen LogP contribution in [0.5, 0.6) is 17.2 Å². The summed E-state index contributed by atoms with van der Waals surface area (Å²) in [5, 5.41) is 5.50. The van der Waals surface area contributed by atoms with Crippen molar-refractivity contribution in [3.63, 3.8) is 0 Å². The van der Waals surface area contributed by atoms with Gasteiger partial charge in [0.2, 0.25) is 21.8 Å². The Morgan fingerprint density at radius 2 is 1.73 bits per heavy atom. The third-order valence-corrected chi connectivity index (χ3v) is 12.6. The number of methoxy groups -OCH3 is 1. The number of fused-ring (bicyclic) bond motifs is 4. The van der Waals surface area contributed by atoms with Crippen LogP contribution in [0.1, 0.15) is 64.9 Å². The Morgan fingerprint density at radius 3 is 2.45 bits per heavy atom. The number of nitrogens with one attached hydrogen (secondary N) is 3. The van der Waals surface area contributed by atoms with Crippen LogP contribution in [0.25, 0.3) is 22.2 Å². The summed E-state index contributed by atoms with van der Waals surface area (Å²) in [5.41, 5.74) is 1.88. The third-order valence-electron chi connectivity index (χ3n) is 10.8. The number of carbonyl (C=O) groups excluding carboxylic acids is 4. The van der Waals surface area contributed by atoms with Crippen molar-refractivity contribution in [2.45, 2.75) is 101 Å². The minimum absolute atomic E-state index is 0.00464. The number of hydrogen-bond donors (Lipinski definition) is 3. The zero-order chi connectivity index (χ0) is 42.6. The van der Waals surface area contributed by atoms with Crippen molar-refractivity contribution in [3.05, 3.63) is 84.4 Å². The molecule has 2 aliphatic heterocycles. The summed E-state index contributed by atoms with van der Waals surface area (Å²) in [4.78, 5) is 62.5. The maximum absolute atomic E-state index is 14.9. The Morgan fingerprint density at radius 1 is 0.950 bits per heavy atom. The lowest BCUT2D eigenvalue weighted by Crippen LogP contribution is -2.57. The van der Waals surface area contributed by atoms with Crippen molar-refractivity contribution in [3.8, 4) is 28.5 Å². The molecular formula is C44H51N5O10S. The Kier molecular flexibility index (Phi) is 12.5. The lowest BCUT2D eigenvalue weighted by molar-refractivity contribution is -0.140. The van der Waals surface area contributed by atoms with Gasteiger partial charge >= 0.3 is 6.09 Å². The molecule has 16 heteroatoms. The lowest BCUT2D eigenvalue weighted by atomic mass is 10.0. The van der Waals surface area contributed by atoms with Crippen LogP contribution in [-0.4, -0.2) is 97.5 Å². The van der Waals surface area contributed by atoms with Crippen molar-refractivity contribution >= 4 is 44.7 Å². The van der Waals surface area contributed by atoms with Gasteiger partial charge in [0.15, 0.2) is 0 Å². The van der Waals surface area contributed by atoms with Crippen LogP contribution < -0.4 is 29.6 Å². The van der Waals surface area contributed by atoms with Crippen molar-refractivity contribution in [1.29, 1.82) is 0 Å². The van der Waals surface area contributed by atoms with Crippen LogP contribution in [-0.2, 0) is 35.6 Å². The van der Waals surface area contributed by atoms with E-state index < -0.39 is 68.9 Å². The summed E-state index contributed by atoms with van der Waals surface area (Å²) in [6, 6.07) is 20.2. The smallest absolute Gasteiger partial charge is 0.408 e. The van der Waals surface area contributed by atoms with Gasteiger partial charge in [-0.25, -0.2) is 18.2 Å². The Bertz CT molecular complexity index is 2350. The molecule has 3 aliphatic rings. The standard InChI is InChI=1S/C44H51N5O10S/c1-44(2,3)59-43(53)47-37-22-27-11-8-14-30(21-27)57-20-10-17-34(40(50)48-60(54,55)32-15-9-16-32)46-41(51)38-24-31(26-49(38)42(37)52)58-39-25-35(28-12-6-5-7-13-28)45-36-23-29(56-4)18-19-33(36)39/h5-8,11-14,18-19,21,23,25,31-32,34,37-38H,9-10,15-17,20,22,24,26H2,1-4H3,(H,46,51)(H,47,53)(H,48,50)/t31-,34?,37-,38+/m1/s1. The molecule has 2 fully saturated rings. The number of sulfonamides is 1. The SMILES string of the molecule is COc1ccc2c(O[C@@H]3C[C@H]4C(=O)NC(C(=O)NS(=O)(=O)C5CCC5)CCCOc5cccc(c5)C[C@@H](NC(=O)OC(C)(C)C)C(=O)N4C3)cc(-c3ccccc3)nc2c1. The first-order valence-corrected chi connectivity index (χ1v) is 21.8. The number of rotatable bonds is 8. The van der Waals surface area contributed by atoms with Crippen LogP contribution in [0.2, 0.25) is 0 Å². The first kappa shape index (κ1) is 42.2. The molecule has 2 bridgehead atoms. The van der Waals surface area contributed by atoms with Crippen molar-refractivity contribution < 1.29 is 46.5 Å². The number of aromatic nitrogens is 1.